The summed E-state index contributed by atoms with van der Waals surface area (Å²) >= 11 is 1.88. The van der Waals surface area contributed by atoms with E-state index in [2.05, 4.69) is 50.9 Å². The molecule has 24 heavy (non-hydrogen) atoms. The molecule has 0 saturated heterocycles. The van der Waals surface area contributed by atoms with Gasteiger partial charge in [-0.2, -0.15) is 0 Å². The third-order valence-electron chi connectivity index (χ3n) is 4.15. The van der Waals surface area contributed by atoms with Crippen LogP contribution in [0.15, 0.2) is 46.8 Å². The maximum atomic E-state index is 5.94. The number of aliphatic imine (C=N–C) groups is 1. The van der Waals surface area contributed by atoms with Gasteiger partial charge in [-0.3, -0.25) is 9.89 Å². The number of rotatable bonds is 6. The zero-order chi connectivity index (χ0) is 15.9. The van der Waals surface area contributed by atoms with Crippen molar-refractivity contribution in [3.8, 4) is 0 Å². The second-order valence-electron chi connectivity index (χ2n) is 5.82. The van der Waals surface area contributed by atoms with Crippen LogP contribution in [-0.2, 0) is 19.4 Å². The molecule has 0 aliphatic carbocycles. The molecule has 0 spiro atoms. The summed E-state index contributed by atoms with van der Waals surface area (Å²) in [4.78, 5) is 8.44. The third kappa shape index (κ3) is 5.75. The van der Waals surface area contributed by atoms with Crippen LogP contribution >= 0.6 is 35.3 Å². The van der Waals surface area contributed by atoms with Crippen LogP contribution in [0.25, 0.3) is 0 Å². The maximum absolute atomic E-state index is 5.94. The third-order valence-corrected chi connectivity index (χ3v) is 5.17. The number of nitrogens with two attached hydrogens (primary N) is 1. The molecule has 3 N–H and O–H groups in total. The Morgan fingerprint density at radius 2 is 2.08 bits per heavy atom. The fraction of sp³-hybridized carbons (Fsp3) is 0.389. The van der Waals surface area contributed by atoms with Gasteiger partial charge in [0.2, 0.25) is 0 Å². The van der Waals surface area contributed by atoms with Gasteiger partial charge in [0.1, 0.15) is 0 Å². The van der Waals surface area contributed by atoms with E-state index in [1.807, 2.05) is 17.4 Å². The van der Waals surface area contributed by atoms with Crippen molar-refractivity contribution in [3.05, 3.63) is 57.8 Å². The van der Waals surface area contributed by atoms with Crippen LogP contribution in [0.1, 0.15) is 16.0 Å². The molecule has 130 valence electrons. The standard InChI is InChI=1S/C18H24N4S.HI/c19-18(20-9-6-15-4-2-1-3-5-15)21-10-12-22-11-7-17-16(14-22)8-13-23-17;/h1-5,8,13H,6-7,9-12,14H2,(H3,19,20,21);1H. The quantitative estimate of drug-likeness (QED) is 0.400. The summed E-state index contributed by atoms with van der Waals surface area (Å²) < 4.78 is 0. The SMILES string of the molecule is I.NC(=NCCN1CCc2sccc2C1)NCCc1ccccc1. The lowest BCUT2D eigenvalue weighted by Gasteiger charge is -2.26. The van der Waals surface area contributed by atoms with Crippen LogP contribution in [-0.4, -0.2) is 37.0 Å². The molecule has 1 aliphatic rings. The summed E-state index contributed by atoms with van der Waals surface area (Å²) in [6.07, 6.45) is 2.13. The van der Waals surface area contributed by atoms with E-state index in [4.69, 9.17) is 5.73 Å². The summed E-state index contributed by atoms with van der Waals surface area (Å²) in [7, 11) is 0. The Morgan fingerprint density at radius 1 is 1.25 bits per heavy atom. The Balaban J connectivity index is 0.00000208. The molecule has 2 aromatic rings. The highest BCUT2D eigenvalue weighted by Gasteiger charge is 2.16. The zero-order valence-electron chi connectivity index (χ0n) is 13.8. The monoisotopic (exact) mass is 456 g/mol. The Labute approximate surface area is 165 Å². The molecule has 0 radical (unpaired) electrons. The van der Waals surface area contributed by atoms with Crippen molar-refractivity contribution in [2.75, 3.05) is 26.2 Å². The fourth-order valence-electron chi connectivity index (χ4n) is 2.85. The predicted molar refractivity (Wildman–Crippen MR) is 113 cm³/mol. The molecule has 0 unspecified atom stereocenters. The molecule has 2 heterocycles. The summed E-state index contributed by atoms with van der Waals surface area (Å²) in [6.45, 7) is 4.72. The fourth-order valence-corrected chi connectivity index (χ4v) is 3.73. The summed E-state index contributed by atoms with van der Waals surface area (Å²) in [6, 6.07) is 12.7. The minimum absolute atomic E-state index is 0. The average molecular weight is 456 g/mol. The first-order chi connectivity index (χ1) is 11.3. The van der Waals surface area contributed by atoms with Gasteiger partial charge in [0.25, 0.3) is 0 Å². The lowest BCUT2D eigenvalue weighted by molar-refractivity contribution is 0.263. The molecular formula is C18H25IN4S. The Hall–Kier alpha value is -1.12. The molecular weight excluding hydrogens is 431 g/mol. The van der Waals surface area contributed by atoms with Gasteiger partial charge in [0, 0.05) is 31.1 Å². The van der Waals surface area contributed by atoms with Crippen LogP contribution < -0.4 is 11.1 Å². The maximum Gasteiger partial charge on any atom is 0.188 e. The molecule has 0 amide bonds. The van der Waals surface area contributed by atoms with E-state index in [1.54, 1.807) is 4.88 Å². The van der Waals surface area contributed by atoms with Gasteiger partial charge in [-0.25, -0.2) is 0 Å². The lowest BCUT2D eigenvalue weighted by Crippen LogP contribution is -2.35. The number of benzene rings is 1. The van der Waals surface area contributed by atoms with E-state index in [9.17, 15) is 0 Å². The number of nitrogens with one attached hydrogen (secondary N) is 1. The Kier molecular flexibility index (Phi) is 8.01. The van der Waals surface area contributed by atoms with Crippen LogP contribution in [0, 0.1) is 0 Å². The molecule has 0 saturated carbocycles. The largest absolute Gasteiger partial charge is 0.370 e. The second kappa shape index (κ2) is 10.0. The number of nitrogens with zero attached hydrogens (tertiary/aromatic N) is 2. The van der Waals surface area contributed by atoms with Crippen molar-refractivity contribution in [2.45, 2.75) is 19.4 Å². The second-order valence-corrected chi connectivity index (χ2v) is 6.83. The highest BCUT2D eigenvalue weighted by atomic mass is 127. The van der Waals surface area contributed by atoms with Crippen molar-refractivity contribution < 1.29 is 0 Å². The number of halogens is 1. The van der Waals surface area contributed by atoms with E-state index >= 15 is 0 Å². The Bertz CT molecular complexity index is 641. The van der Waals surface area contributed by atoms with Gasteiger partial charge in [0.05, 0.1) is 6.54 Å². The van der Waals surface area contributed by atoms with Crippen molar-refractivity contribution in [3.63, 3.8) is 0 Å². The van der Waals surface area contributed by atoms with E-state index in [-0.39, 0.29) is 24.0 Å². The van der Waals surface area contributed by atoms with Crippen LogP contribution in [0.3, 0.4) is 0 Å². The molecule has 1 aromatic carbocycles. The first kappa shape index (κ1) is 19.2. The number of hydrogen-bond donors (Lipinski definition) is 2. The highest BCUT2D eigenvalue weighted by molar-refractivity contribution is 14.0. The number of thiophene rings is 1. The predicted octanol–water partition coefficient (Wildman–Crippen LogP) is 2.87. The van der Waals surface area contributed by atoms with E-state index < -0.39 is 0 Å². The molecule has 6 heteroatoms. The van der Waals surface area contributed by atoms with Crippen molar-refractivity contribution in [1.29, 1.82) is 0 Å². The van der Waals surface area contributed by atoms with Crippen LogP contribution in [0.2, 0.25) is 0 Å². The Morgan fingerprint density at radius 3 is 2.92 bits per heavy atom. The summed E-state index contributed by atoms with van der Waals surface area (Å²) in [5.41, 5.74) is 8.73. The van der Waals surface area contributed by atoms with Crippen LogP contribution in [0.5, 0.6) is 0 Å². The smallest absolute Gasteiger partial charge is 0.188 e. The first-order valence-electron chi connectivity index (χ1n) is 8.16. The lowest BCUT2D eigenvalue weighted by atomic mass is 10.1. The minimum Gasteiger partial charge on any atom is -0.370 e. The van der Waals surface area contributed by atoms with Gasteiger partial charge < -0.3 is 11.1 Å². The molecule has 1 aromatic heterocycles. The molecule has 0 bridgehead atoms. The van der Waals surface area contributed by atoms with Gasteiger partial charge in [-0.05, 0) is 35.4 Å². The van der Waals surface area contributed by atoms with E-state index in [0.717, 1.165) is 39.1 Å². The van der Waals surface area contributed by atoms with Crippen molar-refractivity contribution in [2.24, 2.45) is 10.7 Å². The zero-order valence-corrected chi connectivity index (χ0v) is 16.9. The number of hydrogen-bond acceptors (Lipinski definition) is 3. The molecule has 0 atom stereocenters. The van der Waals surface area contributed by atoms with Crippen molar-refractivity contribution >= 4 is 41.3 Å². The topological polar surface area (TPSA) is 53.6 Å². The van der Waals surface area contributed by atoms with Gasteiger partial charge in [0.15, 0.2) is 5.96 Å². The number of guanidine groups is 1. The molecule has 1 aliphatic heterocycles. The van der Waals surface area contributed by atoms with E-state index in [0.29, 0.717) is 5.96 Å². The van der Waals surface area contributed by atoms with Crippen LogP contribution in [0.4, 0.5) is 0 Å². The van der Waals surface area contributed by atoms with Gasteiger partial charge in [-0.15, -0.1) is 35.3 Å². The first-order valence-corrected chi connectivity index (χ1v) is 9.04. The normalized spacial score (nSPS) is 14.8. The van der Waals surface area contributed by atoms with Crippen molar-refractivity contribution in [1.82, 2.24) is 10.2 Å². The molecule has 0 fully saturated rings. The minimum atomic E-state index is 0. The molecule has 4 nitrogen and oxygen atoms in total. The summed E-state index contributed by atoms with van der Waals surface area (Å²) in [5, 5.41) is 5.39. The molecule has 3 rings (SSSR count). The average Bonchev–Trinajstić information content (AvgIpc) is 3.03. The number of fused-ring (bicyclic) bond motifs is 1. The van der Waals surface area contributed by atoms with Gasteiger partial charge in [-0.1, -0.05) is 30.3 Å². The highest BCUT2D eigenvalue weighted by Crippen LogP contribution is 2.23. The summed E-state index contributed by atoms with van der Waals surface area (Å²) in [5.74, 6) is 0.550. The van der Waals surface area contributed by atoms with Gasteiger partial charge >= 0.3 is 0 Å². The van der Waals surface area contributed by atoms with E-state index in [1.165, 1.54) is 17.5 Å².